The third-order valence-corrected chi connectivity index (χ3v) is 2.44. The van der Waals surface area contributed by atoms with Crippen LogP contribution in [0.1, 0.15) is 19.8 Å². The predicted octanol–water partition coefficient (Wildman–Crippen LogP) is 2.33. The maximum absolute atomic E-state index is 5.57. The first kappa shape index (κ1) is 13.8. The van der Waals surface area contributed by atoms with Gasteiger partial charge in [0.15, 0.2) is 5.11 Å². The van der Waals surface area contributed by atoms with Crippen molar-refractivity contribution in [3.63, 3.8) is 0 Å². The molecular weight excluding hydrogens is 232 g/mol. The smallest absolute Gasteiger partial charge is 0.166 e. The molecule has 1 aromatic rings. The summed E-state index contributed by atoms with van der Waals surface area (Å²) in [5.74, 6) is 0.916. The number of thiocarbonyl (C=S) groups is 1. The quantitative estimate of drug-likeness (QED) is 0.576. The maximum Gasteiger partial charge on any atom is 0.166 e. The SMILES string of the molecule is CCCNC(=S)NCCCOc1ccccc1. The van der Waals surface area contributed by atoms with Gasteiger partial charge in [0.05, 0.1) is 6.61 Å². The van der Waals surface area contributed by atoms with Gasteiger partial charge in [-0.25, -0.2) is 0 Å². The summed E-state index contributed by atoms with van der Waals surface area (Å²) in [5, 5.41) is 6.99. The summed E-state index contributed by atoms with van der Waals surface area (Å²) in [7, 11) is 0. The van der Waals surface area contributed by atoms with E-state index in [9.17, 15) is 0 Å². The Kier molecular flexibility index (Phi) is 7.14. The molecule has 4 heteroatoms. The third kappa shape index (κ3) is 6.79. The van der Waals surface area contributed by atoms with E-state index in [4.69, 9.17) is 17.0 Å². The number of benzene rings is 1. The highest BCUT2D eigenvalue weighted by Crippen LogP contribution is 2.07. The second-order valence-corrected chi connectivity index (χ2v) is 4.11. The molecule has 0 heterocycles. The summed E-state index contributed by atoms with van der Waals surface area (Å²) in [6.07, 6.45) is 2.02. The molecule has 0 saturated carbocycles. The molecule has 0 aliphatic carbocycles. The monoisotopic (exact) mass is 252 g/mol. The second kappa shape index (κ2) is 8.82. The Bertz CT molecular complexity index is 316. The van der Waals surface area contributed by atoms with Crippen molar-refractivity contribution in [2.75, 3.05) is 19.7 Å². The van der Waals surface area contributed by atoms with Gasteiger partial charge < -0.3 is 15.4 Å². The highest BCUT2D eigenvalue weighted by atomic mass is 32.1. The Morgan fingerprint density at radius 2 is 1.88 bits per heavy atom. The summed E-state index contributed by atoms with van der Waals surface area (Å²) >= 11 is 5.10. The summed E-state index contributed by atoms with van der Waals surface area (Å²) in [5.41, 5.74) is 0. The van der Waals surface area contributed by atoms with Crippen LogP contribution in [0.3, 0.4) is 0 Å². The molecule has 0 radical (unpaired) electrons. The normalized spacial score (nSPS) is 9.71. The van der Waals surface area contributed by atoms with Gasteiger partial charge in [-0.3, -0.25) is 0 Å². The van der Waals surface area contributed by atoms with Crippen LogP contribution >= 0.6 is 12.2 Å². The van der Waals surface area contributed by atoms with Crippen molar-refractivity contribution in [2.24, 2.45) is 0 Å². The van der Waals surface area contributed by atoms with E-state index in [1.54, 1.807) is 0 Å². The molecule has 2 N–H and O–H groups in total. The summed E-state index contributed by atoms with van der Waals surface area (Å²) < 4.78 is 5.57. The van der Waals surface area contributed by atoms with Gasteiger partial charge in [0.25, 0.3) is 0 Å². The zero-order valence-electron chi connectivity index (χ0n) is 10.2. The molecule has 0 aromatic heterocycles. The Hall–Kier alpha value is -1.29. The lowest BCUT2D eigenvalue weighted by Gasteiger charge is -2.10. The Balaban J connectivity index is 1.99. The Labute approximate surface area is 109 Å². The first-order chi connectivity index (χ1) is 8.33. The zero-order valence-corrected chi connectivity index (χ0v) is 11.1. The fourth-order valence-corrected chi connectivity index (χ4v) is 1.49. The van der Waals surface area contributed by atoms with Gasteiger partial charge in [0.2, 0.25) is 0 Å². The van der Waals surface area contributed by atoms with Crippen molar-refractivity contribution in [1.82, 2.24) is 10.6 Å². The molecular formula is C13H20N2OS. The number of rotatable bonds is 7. The van der Waals surface area contributed by atoms with E-state index in [1.165, 1.54) is 0 Å². The maximum atomic E-state index is 5.57. The standard InChI is InChI=1S/C13H20N2OS/c1-2-9-14-13(17)15-10-6-11-16-12-7-4-3-5-8-12/h3-5,7-8H,2,6,9-11H2,1H3,(H2,14,15,17). The van der Waals surface area contributed by atoms with E-state index in [0.717, 1.165) is 36.8 Å². The van der Waals surface area contributed by atoms with Gasteiger partial charge in [0.1, 0.15) is 5.75 Å². The highest BCUT2D eigenvalue weighted by Gasteiger charge is 1.94. The van der Waals surface area contributed by atoms with Crippen LogP contribution in [0.5, 0.6) is 5.75 Å². The lowest BCUT2D eigenvalue weighted by atomic mass is 10.3. The molecule has 1 aromatic carbocycles. The minimum atomic E-state index is 0.702. The van der Waals surface area contributed by atoms with E-state index in [1.807, 2.05) is 30.3 Å². The molecule has 0 spiro atoms. The molecule has 0 bridgehead atoms. The fraction of sp³-hybridized carbons (Fsp3) is 0.462. The number of hydrogen-bond acceptors (Lipinski definition) is 2. The zero-order chi connectivity index (χ0) is 12.3. The van der Waals surface area contributed by atoms with Crippen molar-refractivity contribution in [2.45, 2.75) is 19.8 Å². The predicted molar refractivity (Wildman–Crippen MR) is 75.4 cm³/mol. The lowest BCUT2D eigenvalue weighted by Crippen LogP contribution is -2.36. The van der Waals surface area contributed by atoms with Gasteiger partial charge in [-0.05, 0) is 37.2 Å². The number of nitrogens with one attached hydrogen (secondary N) is 2. The summed E-state index contributed by atoms with van der Waals surface area (Å²) in [4.78, 5) is 0. The van der Waals surface area contributed by atoms with Crippen LogP contribution in [0.25, 0.3) is 0 Å². The fourth-order valence-electron chi connectivity index (χ4n) is 1.28. The van der Waals surface area contributed by atoms with Crippen LogP contribution < -0.4 is 15.4 Å². The Morgan fingerprint density at radius 3 is 2.59 bits per heavy atom. The van der Waals surface area contributed by atoms with E-state index >= 15 is 0 Å². The Morgan fingerprint density at radius 1 is 1.18 bits per heavy atom. The molecule has 94 valence electrons. The van der Waals surface area contributed by atoms with Crippen molar-refractivity contribution < 1.29 is 4.74 Å². The minimum Gasteiger partial charge on any atom is -0.494 e. The van der Waals surface area contributed by atoms with E-state index in [-0.39, 0.29) is 0 Å². The van der Waals surface area contributed by atoms with Gasteiger partial charge in [-0.1, -0.05) is 25.1 Å². The van der Waals surface area contributed by atoms with Crippen LogP contribution in [0.2, 0.25) is 0 Å². The second-order valence-electron chi connectivity index (χ2n) is 3.70. The van der Waals surface area contributed by atoms with Gasteiger partial charge in [-0.2, -0.15) is 0 Å². The molecule has 0 aliphatic rings. The first-order valence-corrected chi connectivity index (χ1v) is 6.43. The lowest BCUT2D eigenvalue weighted by molar-refractivity contribution is 0.311. The van der Waals surface area contributed by atoms with Crippen LogP contribution in [0, 0.1) is 0 Å². The minimum absolute atomic E-state index is 0.702. The van der Waals surface area contributed by atoms with Crippen molar-refractivity contribution in [3.8, 4) is 5.75 Å². The van der Waals surface area contributed by atoms with Crippen LogP contribution in [0.4, 0.5) is 0 Å². The third-order valence-electron chi connectivity index (χ3n) is 2.15. The average Bonchev–Trinajstić information content (AvgIpc) is 2.37. The average molecular weight is 252 g/mol. The molecule has 0 unspecified atom stereocenters. The largest absolute Gasteiger partial charge is 0.494 e. The van der Waals surface area contributed by atoms with Gasteiger partial charge in [-0.15, -0.1) is 0 Å². The molecule has 17 heavy (non-hydrogen) atoms. The summed E-state index contributed by atoms with van der Waals surface area (Å²) in [6, 6.07) is 9.84. The van der Waals surface area contributed by atoms with E-state index < -0.39 is 0 Å². The molecule has 0 amide bonds. The molecule has 0 saturated heterocycles. The number of ether oxygens (including phenoxy) is 1. The van der Waals surface area contributed by atoms with Crippen molar-refractivity contribution >= 4 is 17.3 Å². The first-order valence-electron chi connectivity index (χ1n) is 6.02. The van der Waals surface area contributed by atoms with Crippen LogP contribution in [-0.2, 0) is 0 Å². The van der Waals surface area contributed by atoms with Gasteiger partial charge >= 0.3 is 0 Å². The molecule has 3 nitrogen and oxygen atoms in total. The van der Waals surface area contributed by atoms with E-state index in [0.29, 0.717) is 6.61 Å². The molecule has 0 aliphatic heterocycles. The molecule has 0 fully saturated rings. The van der Waals surface area contributed by atoms with Crippen molar-refractivity contribution in [3.05, 3.63) is 30.3 Å². The van der Waals surface area contributed by atoms with Crippen LogP contribution in [0.15, 0.2) is 30.3 Å². The topological polar surface area (TPSA) is 33.3 Å². The van der Waals surface area contributed by atoms with Gasteiger partial charge in [0, 0.05) is 13.1 Å². The highest BCUT2D eigenvalue weighted by molar-refractivity contribution is 7.80. The molecule has 0 atom stereocenters. The number of hydrogen-bond donors (Lipinski definition) is 2. The van der Waals surface area contributed by atoms with Crippen LogP contribution in [-0.4, -0.2) is 24.8 Å². The summed E-state index contributed by atoms with van der Waals surface area (Å²) in [6.45, 7) is 4.57. The van der Waals surface area contributed by atoms with Crippen molar-refractivity contribution in [1.29, 1.82) is 0 Å². The molecule has 1 rings (SSSR count). The number of para-hydroxylation sites is 1. The van der Waals surface area contributed by atoms with E-state index in [2.05, 4.69) is 17.6 Å².